The Labute approximate surface area is 171 Å². The van der Waals surface area contributed by atoms with Crippen molar-refractivity contribution in [3.05, 3.63) is 76.9 Å². The fourth-order valence-corrected chi connectivity index (χ4v) is 3.58. The first-order valence-electron chi connectivity index (χ1n) is 10.2. The third-order valence-corrected chi connectivity index (χ3v) is 5.05. The Kier molecular flexibility index (Phi) is 5.94. The number of aryl methyl sites for hydroxylation is 4. The van der Waals surface area contributed by atoms with Crippen molar-refractivity contribution in [2.75, 3.05) is 6.61 Å². The molecule has 5 nitrogen and oxygen atoms in total. The Bertz CT molecular complexity index is 1030. The second kappa shape index (κ2) is 8.95. The van der Waals surface area contributed by atoms with E-state index in [9.17, 15) is 0 Å². The van der Waals surface area contributed by atoms with Crippen molar-refractivity contribution >= 4 is 5.71 Å². The molecule has 1 aliphatic carbocycles. The van der Waals surface area contributed by atoms with Crippen molar-refractivity contribution in [1.82, 2.24) is 15.0 Å². The van der Waals surface area contributed by atoms with E-state index in [1.807, 2.05) is 44.2 Å². The van der Waals surface area contributed by atoms with E-state index in [1.165, 1.54) is 5.56 Å². The number of hydrogen-bond acceptors (Lipinski definition) is 5. The summed E-state index contributed by atoms with van der Waals surface area (Å²) in [6, 6.07) is 16.3. The van der Waals surface area contributed by atoms with Crippen LogP contribution < -0.4 is 0 Å². The SMILES string of the molecule is Cc1cccc(-c2cccc(CCCON=C3CCCc4ccc(C)nc43)n2)n1. The standard InChI is InChI=1S/C24H26N4O/c1-17-7-3-11-21(25-17)22-12-5-9-20(27-22)10-6-16-29-28-23-13-4-8-19-15-14-18(2)26-24(19)23/h3,5,7,9,11-12,14-15H,4,6,8,10,13,16H2,1-2H3. The lowest BCUT2D eigenvalue weighted by Crippen LogP contribution is -2.15. The Hall–Kier alpha value is -3.08. The first kappa shape index (κ1) is 19.2. The number of fused-ring (bicyclic) bond motifs is 1. The molecule has 0 atom stereocenters. The molecule has 4 rings (SSSR count). The lowest BCUT2D eigenvalue weighted by Gasteiger charge is -2.16. The van der Waals surface area contributed by atoms with Gasteiger partial charge >= 0.3 is 0 Å². The number of pyridine rings is 3. The minimum absolute atomic E-state index is 0.569. The molecule has 0 radical (unpaired) electrons. The largest absolute Gasteiger partial charge is 0.396 e. The first-order valence-corrected chi connectivity index (χ1v) is 10.2. The Morgan fingerprint density at radius 3 is 2.52 bits per heavy atom. The van der Waals surface area contributed by atoms with Crippen molar-refractivity contribution in [2.24, 2.45) is 5.16 Å². The minimum atomic E-state index is 0.569. The average Bonchev–Trinajstić information content (AvgIpc) is 2.74. The van der Waals surface area contributed by atoms with Crippen LogP contribution in [0.15, 0.2) is 53.7 Å². The van der Waals surface area contributed by atoms with Gasteiger partial charge in [-0.25, -0.2) is 0 Å². The highest BCUT2D eigenvalue weighted by Crippen LogP contribution is 2.21. The van der Waals surface area contributed by atoms with Gasteiger partial charge in [0.25, 0.3) is 0 Å². The average molecular weight is 386 g/mol. The lowest BCUT2D eigenvalue weighted by molar-refractivity contribution is 0.141. The van der Waals surface area contributed by atoms with Crippen molar-refractivity contribution in [1.29, 1.82) is 0 Å². The molecule has 0 fully saturated rings. The molecule has 1 aliphatic rings. The van der Waals surface area contributed by atoms with Gasteiger partial charge in [0.05, 0.1) is 17.1 Å². The summed E-state index contributed by atoms with van der Waals surface area (Å²) >= 11 is 0. The second-order valence-electron chi connectivity index (χ2n) is 7.47. The summed E-state index contributed by atoms with van der Waals surface area (Å²) < 4.78 is 0. The molecule has 3 heterocycles. The van der Waals surface area contributed by atoms with Gasteiger partial charge in [-0.15, -0.1) is 0 Å². The molecule has 0 saturated heterocycles. The fraction of sp³-hybridized carbons (Fsp3) is 0.333. The second-order valence-corrected chi connectivity index (χ2v) is 7.47. The summed E-state index contributed by atoms with van der Waals surface area (Å²) in [7, 11) is 0. The smallest absolute Gasteiger partial charge is 0.117 e. The molecule has 3 aromatic heterocycles. The molecule has 0 N–H and O–H groups in total. The zero-order chi connectivity index (χ0) is 20.1. The summed E-state index contributed by atoms with van der Waals surface area (Å²) in [5.41, 5.74) is 8.14. The van der Waals surface area contributed by atoms with E-state index in [0.29, 0.717) is 6.61 Å². The van der Waals surface area contributed by atoms with Gasteiger partial charge in [0, 0.05) is 17.1 Å². The van der Waals surface area contributed by atoms with Crippen LogP contribution in [0, 0.1) is 13.8 Å². The molecular weight excluding hydrogens is 360 g/mol. The van der Waals surface area contributed by atoms with Crippen LogP contribution in [0.1, 0.15) is 47.6 Å². The van der Waals surface area contributed by atoms with Crippen molar-refractivity contribution in [3.63, 3.8) is 0 Å². The number of oxime groups is 1. The topological polar surface area (TPSA) is 60.3 Å². The van der Waals surface area contributed by atoms with Gasteiger partial charge in [0.1, 0.15) is 12.3 Å². The molecule has 29 heavy (non-hydrogen) atoms. The maximum Gasteiger partial charge on any atom is 0.117 e. The monoisotopic (exact) mass is 386 g/mol. The lowest BCUT2D eigenvalue weighted by atomic mass is 9.94. The minimum Gasteiger partial charge on any atom is -0.396 e. The van der Waals surface area contributed by atoms with Crippen LogP contribution in [0.4, 0.5) is 0 Å². The molecule has 0 aliphatic heterocycles. The van der Waals surface area contributed by atoms with Gasteiger partial charge in [0.15, 0.2) is 0 Å². The molecule has 0 amide bonds. The van der Waals surface area contributed by atoms with E-state index in [4.69, 9.17) is 9.82 Å². The van der Waals surface area contributed by atoms with Gasteiger partial charge in [-0.05, 0) is 81.8 Å². The highest BCUT2D eigenvalue weighted by atomic mass is 16.6. The van der Waals surface area contributed by atoms with Crippen molar-refractivity contribution < 1.29 is 4.84 Å². The summed E-state index contributed by atoms with van der Waals surface area (Å²) in [4.78, 5) is 19.6. The number of aromatic nitrogens is 3. The van der Waals surface area contributed by atoms with Gasteiger partial charge < -0.3 is 4.84 Å². The molecule has 0 saturated carbocycles. The van der Waals surface area contributed by atoms with E-state index >= 15 is 0 Å². The highest BCUT2D eigenvalue weighted by molar-refractivity contribution is 6.00. The zero-order valence-corrected chi connectivity index (χ0v) is 17.1. The number of rotatable bonds is 6. The van der Waals surface area contributed by atoms with E-state index < -0.39 is 0 Å². The molecule has 0 aromatic carbocycles. The quantitative estimate of drug-likeness (QED) is 0.449. The van der Waals surface area contributed by atoms with E-state index in [-0.39, 0.29) is 0 Å². The summed E-state index contributed by atoms with van der Waals surface area (Å²) in [5, 5.41) is 4.40. The molecule has 0 unspecified atom stereocenters. The fourth-order valence-electron chi connectivity index (χ4n) is 3.58. The van der Waals surface area contributed by atoms with Crippen LogP contribution in [-0.4, -0.2) is 27.3 Å². The molecule has 0 spiro atoms. The highest BCUT2D eigenvalue weighted by Gasteiger charge is 2.17. The predicted molar refractivity (Wildman–Crippen MR) is 115 cm³/mol. The van der Waals surface area contributed by atoms with Crippen LogP contribution in [0.25, 0.3) is 11.4 Å². The zero-order valence-electron chi connectivity index (χ0n) is 17.1. The predicted octanol–water partition coefficient (Wildman–Crippen LogP) is 4.85. The Morgan fingerprint density at radius 2 is 1.66 bits per heavy atom. The maximum absolute atomic E-state index is 5.63. The van der Waals surface area contributed by atoms with Crippen LogP contribution in [-0.2, 0) is 17.7 Å². The van der Waals surface area contributed by atoms with E-state index in [2.05, 4.69) is 33.3 Å². The number of nitrogens with zero attached hydrogens (tertiary/aromatic N) is 4. The third kappa shape index (κ3) is 4.86. The maximum atomic E-state index is 5.63. The van der Waals surface area contributed by atoms with Crippen LogP contribution in [0.2, 0.25) is 0 Å². The molecule has 148 valence electrons. The van der Waals surface area contributed by atoms with Crippen molar-refractivity contribution in [3.8, 4) is 11.4 Å². The summed E-state index contributed by atoms with van der Waals surface area (Å²) in [5.74, 6) is 0. The van der Waals surface area contributed by atoms with Gasteiger partial charge in [-0.2, -0.15) is 0 Å². The molecule has 5 heteroatoms. The third-order valence-electron chi connectivity index (χ3n) is 5.05. The van der Waals surface area contributed by atoms with Crippen molar-refractivity contribution in [2.45, 2.75) is 46.0 Å². The van der Waals surface area contributed by atoms with Gasteiger partial charge in [-0.3, -0.25) is 15.0 Å². The van der Waals surface area contributed by atoms with Crippen LogP contribution >= 0.6 is 0 Å². The van der Waals surface area contributed by atoms with E-state index in [1.54, 1.807) is 0 Å². The summed E-state index contributed by atoms with van der Waals surface area (Å²) in [6.45, 7) is 4.58. The first-order chi connectivity index (χ1) is 14.2. The molecule has 3 aromatic rings. The summed E-state index contributed by atoms with van der Waals surface area (Å²) in [6.07, 6.45) is 4.81. The van der Waals surface area contributed by atoms with Gasteiger partial charge in [-0.1, -0.05) is 23.4 Å². The number of hydrogen-bond donors (Lipinski definition) is 0. The Balaban J connectivity index is 1.33. The van der Waals surface area contributed by atoms with E-state index in [0.717, 1.165) is 72.0 Å². The van der Waals surface area contributed by atoms with Gasteiger partial charge in [0.2, 0.25) is 0 Å². The van der Waals surface area contributed by atoms with Crippen LogP contribution in [0.3, 0.4) is 0 Å². The Morgan fingerprint density at radius 1 is 0.862 bits per heavy atom. The molecule has 0 bridgehead atoms. The molecular formula is C24H26N4O. The van der Waals surface area contributed by atoms with Crippen LogP contribution in [0.5, 0.6) is 0 Å². The normalized spacial score (nSPS) is 14.6.